The molecule has 1 aliphatic heterocycles. The lowest BCUT2D eigenvalue weighted by Crippen LogP contribution is -2.68. The number of esters is 7. The summed E-state index contributed by atoms with van der Waals surface area (Å²) in [6.07, 6.45) is -11.6. The quantitative estimate of drug-likeness (QED) is 0.128. The van der Waals surface area contributed by atoms with Crippen molar-refractivity contribution in [3.8, 4) is 0 Å². The van der Waals surface area contributed by atoms with E-state index in [0.717, 1.165) is 62.3 Å². The molecule has 1 fully saturated rings. The van der Waals surface area contributed by atoms with Gasteiger partial charge in [-0.1, -0.05) is 0 Å². The average Bonchev–Trinajstić information content (AvgIpc) is 2.95. The molecule has 0 aromatic rings. The fraction of sp³-hybridized carbons (Fsp3) is 0.700. The lowest BCUT2D eigenvalue weighted by molar-refractivity contribution is -0.301. The topological polar surface area (TPSA) is 261 Å². The molecule has 20 heteroatoms. The van der Waals surface area contributed by atoms with Gasteiger partial charge >= 0.3 is 41.8 Å². The van der Waals surface area contributed by atoms with Gasteiger partial charge in [-0.25, -0.2) is 0 Å². The predicted molar refractivity (Wildman–Crippen MR) is 161 cm³/mol. The average molecular weight is 721 g/mol. The second kappa shape index (κ2) is 20.6. The molecule has 1 saturated heterocycles. The molecule has 0 aromatic carbocycles. The number of amides is 2. The van der Waals surface area contributed by atoms with Gasteiger partial charge in [0, 0.05) is 62.3 Å². The van der Waals surface area contributed by atoms with E-state index in [4.69, 9.17) is 42.6 Å². The minimum Gasteiger partial charge on any atom is -0.464 e. The first-order valence-corrected chi connectivity index (χ1v) is 15.2. The van der Waals surface area contributed by atoms with Gasteiger partial charge in [0.25, 0.3) is 0 Å². The number of carbonyl (C=O) groups excluding carboxylic acids is 9. The minimum atomic E-state index is -1.82. The van der Waals surface area contributed by atoms with Gasteiger partial charge < -0.3 is 53.3 Å². The van der Waals surface area contributed by atoms with Crippen molar-refractivity contribution >= 4 is 53.6 Å². The van der Waals surface area contributed by atoms with Crippen molar-refractivity contribution in [3.63, 3.8) is 0 Å². The summed E-state index contributed by atoms with van der Waals surface area (Å²) in [5.74, 6) is -7.57. The van der Waals surface area contributed by atoms with Gasteiger partial charge in [0.2, 0.25) is 11.8 Å². The van der Waals surface area contributed by atoms with Crippen molar-refractivity contribution in [1.82, 2.24) is 10.6 Å². The lowest BCUT2D eigenvalue weighted by Gasteiger charge is -2.47. The van der Waals surface area contributed by atoms with E-state index < -0.39 is 128 Å². The van der Waals surface area contributed by atoms with Gasteiger partial charge in [-0.2, -0.15) is 0 Å². The molecule has 1 aliphatic rings. The Morgan fingerprint density at radius 2 is 1.10 bits per heavy atom. The van der Waals surface area contributed by atoms with E-state index in [1.54, 1.807) is 0 Å². The van der Waals surface area contributed by atoms with Crippen molar-refractivity contribution < 1.29 is 85.8 Å². The van der Waals surface area contributed by atoms with E-state index in [9.17, 15) is 43.2 Å². The van der Waals surface area contributed by atoms with Crippen LogP contribution in [0.2, 0.25) is 0 Å². The molecule has 50 heavy (non-hydrogen) atoms. The number of carbonyl (C=O) groups is 9. The second-order valence-corrected chi connectivity index (χ2v) is 11.0. The zero-order valence-corrected chi connectivity index (χ0v) is 29.2. The summed E-state index contributed by atoms with van der Waals surface area (Å²) in [6.45, 7) is 7.41. The third kappa shape index (κ3) is 15.6. The summed E-state index contributed by atoms with van der Waals surface area (Å²) in [5, 5.41) is 4.98. The Morgan fingerprint density at radius 3 is 1.56 bits per heavy atom. The van der Waals surface area contributed by atoms with Gasteiger partial charge in [0.05, 0.1) is 6.04 Å². The summed E-state index contributed by atoms with van der Waals surface area (Å²) in [7, 11) is 0. The highest BCUT2D eigenvalue weighted by Gasteiger charge is 2.54. The molecule has 0 radical (unpaired) electrons. The van der Waals surface area contributed by atoms with Gasteiger partial charge in [0.15, 0.2) is 30.7 Å². The Bertz CT molecular complexity index is 1270. The Balaban J connectivity index is 4.07. The third-order valence-corrected chi connectivity index (χ3v) is 6.37. The number of hydrogen-bond donors (Lipinski definition) is 2. The standard InChI is InChI=1S/C30H44N2O18/c1-13(33)31-22(10-42-15(3)35)26(27(46-19(7)39)23(45-18(6)38)11-43-16(4)36)50-30-25(32-14(2)34)29(48-21(9)41)28(47-20(8)40)24(49-30)12-44-17(5)37/h22-30H,10-12H2,1-9H3,(H,31,33)(H,32,34)/t22-,23+,24+,25+,26+,27-,28+,29+,30-/m0/s1. The molecular formula is C30H44N2O18. The summed E-state index contributed by atoms with van der Waals surface area (Å²) in [6, 6.07) is -3.02. The first kappa shape index (κ1) is 43.2. The highest BCUT2D eigenvalue weighted by Crippen LogP contribution is 2.31. The molecule has 282 valence electrons. The van der Waals surface area contributed by atoms with Crippen LogP contribution < -0.4 is 10.6 Å². The Hall–Kier alpha value is -4.85. The van der Waals surface area contributed by atoms with E-state index in [1.807, 2.05) is 0 Å². The van der Waals surface area contributed by atoms with E-state index in [-0.39, 0.29) is 0 Å². The minimum absolute atomic E-state index is 0.610. The SMILES string of the molecule is CC(=O)N[C@H]1[C@H](O[C@@H]([C@@H](OC(C)=O)[C@@H](COC(C)=O)OC(C)=O)[C@H](COC(C)=O)NC(C)=O)O[C@H](COC(C)=O)[C@@H](OC(C)=O)[C@@H]1OC(C)=O. The van der Waals surface area contributed by atoms with Gasteiger partial charge in [-0.3, -0.25) is 43.2 Å². The van der Waals surface area contributed by atoms with Crippen LogP contribution in [0, 0.1) is 0 Å². The molecule has 2 amide bonds. The van der Waals surface area contributed by atoms with Gasteiger partial charge in [0.1, 0.15) is 38.1 Å². The Kier molecular flexibility index (Phi) is 17.8. The first-order valence-electron chi connectivity index (χ1n) is 15.2. The van der Waals surface area contributed by atoms with Crippen LogP contribution in [-0.4, -0.2) is 128 Å². The van der Waals surface area contributed by atoms with Crippen LogP contribution in [0.4, 0.5) is 0 Å². The molecule has 0 aromatic heterocycles. The van der Waals surface area contributed by atoms with Crippen LogP contribution in [0.25, 0.3) is 0 Å². The largest absolute Gasteiger partial charge is 0.464 e. The normalized spacial score (nSPS) is 22.1. The molecule has 9 atom stereocenters. The monoisotopic (exact) mass is 720 g/mol. The van der Waals surface area contributed by atoms with Gasteiger partial charge in [-0.15, -0.1) is 0 Å². The molecule has 0 saturated carbocycles. The zero-order valence-electron chi connectivity index (χ0n) is 29.2. The second-order valence-electron chi connectivity index (χ2n) is 11.0. The van der Waals surface area contributed by atoms with Crippen LogP contribution in [0.3, 0.4) is 0 Å². The summed E-state index contributed by atoms with van der Waals surface area (Å²) in [4.78, 5) is 109. The maximum Gasteiger partial charge on any atom is 0.303 e. The molecule has 20 nitrogen and oxygen atoms in total. The van der Waals surface area contributed by atoms with Crippen molar-refractivity contribution in [1.29, 1.82) is 0 Å². The van der Waals surface area contributed by atoms with Crippen LogP contribution >= 0.6 is 0 Å². The number of ether oxygens (including phenoxy) is 9. The van der Waals surface area contributed by atoms with Crippen molar-refractivity contribution in [2.75, 3.05) is 19.8 Å². The van der Waals surface area contributed by atoms with E-state index in [1.165, 1.54) is 0 Å². The molecule has 0 unspecified atom stereocenters. The van der Waals surface area contributed by atoms with Crippen molar-refractivity contribution in [2.45, 2.75) is 117 Å². The molecular weight excluding hydrogens is 676 g/mol. The maximum atomic E-state index is 12.5. The van der Waals surface area contributed by atoms with E-state index in [2.05, 4.69) is 10.6 Å². The summed E-state index contributed by atoms with van der Waals surface area (Å²) >= 11 is 0. The summed E-state index contributed by atoms with van der Waals surface area (Å²) < 4.78 is 49.4. The predicted octanol–water partition coefficient (Wildman–Crippen LogP) is -1.48. The smallest absolute Gasteiger partial charge is 0.303 e. The summed E-state index contributed by atoms with van der Waals surface area (Å²) in [5.41, 5.74) is 0. The first-order chi connectivity index (χ1) is 23.2. The van der Waals surface area contributed by atoms with Crippen LogP contribution in [0.1, 0.15) is 62.3 Å². The molecule has 1 heterocycles. The Labute approximate surface area is 287 Å². The molecule has 2 N–H and O–H groups in total. The van der Waals surface area contributed by atoms with E-state index >= 15 is 0 Å². The van der Waals surface area contributed by atoms with Crippen molar-refractivity contribution in [3.05, 3.63) is 0 Å². The molecule has 0 bridgehead atoms. The van der Waals surface area contributed by atoms with Crippen LogP contribution in [-0.2, 0) is 85.8 Å². The third-order valence-electron chi connectivity index (χ3n) is 6.37. The van der Waals surface area contributed by atoms with Crippen molar-refractivity contribution in [2.24, 2.45) is 0 Å². The molecule has 0 aliphatic carbocycles. The zero-order chi connectivity index (χ0) is 38.3. The fourth-order valence-electron chi connectivity index (χ4n) is 4.80. The van der Waals surface area contributed by atoms with Gasteiger partial charge in [-0.05, 0) is 0 Å². The maximum absolute atomic E-state index is 12.5. The number of hydrogen-bond acceptors (Lipinski definition) is 18. The number of rotatable bonds is 17. The molecule has 0 spiro atoms. The van der Waals surface area contributed by atoms with Crippen LogP contribution in [0.15, 0.2) is 0 Å². The molecule has 1 rings (SSSR count). The van der Waals surface area contributed by atoms with E-state index in [0.29, 0.717) is 0 Å². The van der Waals surface area contributed by atoms with Crippen LogP contribution in [0.5, 0.6) is 0 Å². The highest BCUT2D eigenvalue weighted by molar-refractivity contribution is 5.74. The Morgan fingerprint density at radius 1 is 0.580 bits per heavy atom. The lowest BCUT2D eigenvalue weighted by atomic mass is 9.95. The highest BCUT2D eigenvalue weighted by atomic mass is 16.7. The fourth-order valence-corrected chi connectivity index (χ4v) is 4.80. The number of nitrogens with one attached hydrogen (secondary N) is 2.